The summed E-state index contributed by atoms with van der Waals surface area (Å²) in [7, 11) is -3.49. The van der Waals surface area contributed by atoms with Crippen LogP contribution in [-0.4, -0.2) is 39.2 Å². The predicted molar refractivity (Wildman–Crippen MR) is 142 cm³/mol. The lowest BCUT2D eigenvalue weighted by Crippen LogP contribution is -2.08. The Bertz CT molecular complexity index is 1920. The molecular formula is C27H18ClF3N6O2S. The second kappa shape index (κ2) is 9.93. The van der Waals surface area contributed by atoms with Crippen LogP contribution < -0.4 is 0 Å². The zero-order valence-corrected chi connectivity index (χ0v) is 22.4. The molecule has 0 atom stereocenters. The van der Waals surface area contributed by atoms with E-state index in [0.717, 1.165) is 12.5 Å². The zero-order chi connectivity index (χ0) is 28.8. The van der Waals surface area contributed by atoms with E-state index in [4.69, 9.17) is 11.6 Å². The molecular weight excluding hydrogens is 565 g/mol. The van der Waals surface area contributed by atoms with E-state index in [2.05, 4.69) is 15.3 Å². The van der Waals surface area contributed by atoms with Gasteiger partial charge in [0.1, 0.15) is 11.9 Å². The molecule has 8 nitrogen and oxygen atoms in total. The van der Waals surface area contributed by atoms with Gasteiger partial charge in [-0.25, -0.2) is 18.1 Å². The molecule has 0 saturated heterocycles. The highest BCUT2D eigenvalue weighted by Crippen LogP contribution is 2.34. The first kappa shape index (κ1) is 27.1. The van der Waals surface area contributed by atoms with Gasteiger partial charge >= 0.3 is 6.18 Å². The molecule has 0 aliphatic heterocycles. The molecule has 0 radical (unpaired) electrons. The van der Waals surface area contributed by atoms with Crippen molar-refractivity contribution < 1.29 is 21.6 Å². The smallest absolute Gasteiger partial charge is 0.301 e. The van der Waals surface area contributed by atoms with Gasteiger partial charge in [0.05, 0.1) is 38.7 Å². The predicted octanol–water partition coefficient (Wildman–Crippen LogP) is 6.04. The summed E-state index contributed by atoms with van der Waals surface area (Å²) in [6, 6.07) is 18.0. The molecule has 0 amide bonds. The van der Waals surface area contributed by atoms with Crippen LogP contribution in [0.4, 0.5) is 13.2 Å². The second-order valence-corrected chi connectivity index (χ2v) is 11.3. The van der Waals surface area contributed by atoms with Crippen molar-refractivity contribution in [2.75, 3.05) is 6.26 Å². The fraction of sp³-hybridized carbons (Fsp3) is 0.111. The highest BCUT2D eigenvalue weighted by molar-refractivity contribution is 7.90. The van der Waals surface area contributed by atoms with Gasteiger partial charge in [-0.05, 0) is 54.4 Å². The van der Waals surface area contributed by atoms with Crippen molar-refractivity contribution in [1.29, 1.82) is 5.26 Å². The summed E-state index contributed by atoms with van der Waals surface area (Å²) in [5.74, 6) is 0.0836. The number of sulfone groups is 1. The molecule has 0 aliphatic rings. The monoisotopic (exact) mass is 582 g/mol. The summed E-state index contributed by atoms with van der Waals surface area (Å²) >= 11 is 6.10. The lowest BCUT2D eigenvalue weighted by Gasteiger charge is -2.16. The number of hydrogen-bond donors (Lipinski definition) is 0. The number of benzene rings is 3. The Balaban J connectivity index is 1.76. The van der Waals surface area contributed by atoms with Crippen LogP contribution in [0.3, 0.4) is 0 Å². The molecule has 0 fully saturated rings. The van der Waals surface area contributed by atoms with E-state index in [-0.39, 0.29) is 21.3 Å². The van der Waals surface area contributed by atoms with Crippen LogP contribution in [0.25, 0.3) is 33.8 Å². The molecule has 5 aromatic rings. The molecule has 0 saturated carbocycles. The van der Waals surface area contributed by atoms with E-state index in [1.54, 1.807) is 48.5 Å². The number of rotatable bonds is 5. The maximum absolute atomic E-state index is 13.5. The van der Waals surface area contributed by atoms with Crippen LogP contribution in [0.2, 0.25) is 5.02 Å². The second-order valence-electron chi connectivity index (χ2n) is 8.88. The van der Waals surface area contributed by atoms with Gasteiger partial charge in [-0.1, -0.05) is 41.1 Å². The lowest BCUT2D eigenvalue weighted by molar-refractivity contribution is -0.141. The van der Waals surface area contributed by atoms with Crippen LogP contribution in [-0.2, 0) is 16.0 Å². The molecule has 2 aromatic heterocycles. The van der Waals surface area contributed by atoms with Gasteiger partial charge in [-0.15, -0.1) is 5.10 Å². The first-order valence-corrected chi connectivity index (χ1v) is 13.8. The Morgan fingerprint density at radius 2 is 1.70 bits per heavy atom. The molecule has 3 aromatic carbocycles. The summed E-state index contributed by atoms with van der Waals surface area (Å²) in [5, 5.41) is 17.9. The third-order valence-electron chi connectivity index (χ3n) is 6.16. The van der Waals surface area contributed by atoms with Gasteiger partial charge in [0.15, 0.2) is 15.5 Å². The fourth-order valence-corrected chi connectivity index (χ4v) is 5.04. The Hall–Kier alpha value is -4.47. The third kappa shape index (κ3) is 5.09. The van der Waals surface area contributed by atoms with Gasteiger partial charge in [0, 0.05) is 18.0 Å². The van der Waals surface area contributed by atoms with Crippen LogP contribution in [0.15, 0.2) is 78.0 Å². The highest BCUT2D eigenvalue weighted by atomic mass is 35.5. The highest BCUT2D eigenvalue weighted by Gasteiger charge is 2.34. The number of hydrogen-bond acceptors (Lipinski definition) is 6. The van der Waals surface area contributed by atoms with E-state index in [9.17, 15) is 26.9 Å². The molecule has 13 heteroatoms. The maximum atomic E-state index is 13.5. The molecule has 40 heavy (non-hydrogen) atoms. The Kier molecular flexibility index (Phi) is 6.73. The minimum absolute atomic E-state index is 0.0836. The molecule has 0 bridgehead atoms. The van der Waals surface area contributed by atoms with Crippen molar-refractivity contribution in [2.24, 2.45) is 0 Å². The van der Waals surface area contributed by atoms with Crippen molar-refractivity contribution in [1.82, 2.24) is 24.5 Å². The van der Waals surface area contributed by atoms with E-state index >= 15 is 0 Å². The maximum Gasteiger partial charge on any atom is 0.434 e. The van der Waals surface area contributed by atoms with E-state index < -0.39 is 21.7 Å². The van der Waals surface area contributed by atoms with Gasteiger partial charge in [0.25, 0.3) is 0 Å². The van der Waals surface area contributed by atoms with Gasteiger partial charge in [-0.2, -0.15) is 18.4 Å². The number of aryl methyl sites for hydroxylation is 1. The average molecular weight is 583 g/mol. The number of alkyl halides is 3. The summed E-state index contributed by atoms with van der Waals surface area (Å²) in [4.78, 5) is 3.80. The van der Waals surface area contributed by atoms with Gasteiger partial charge in [-0.3, -0.25) is 0 Å². The van der Waals surface area contributed by atoms with Gasteiger partial charge < -0.3 is 4.57 Å². The lowest BCUT2D eigenvalue weighted by atomic mass is 10.0. The van der Waals surface area contributed by atoms with Crippen molar-refractivity contribution in [3.63, 3.8) is 0 Å². The third-order valence-corrected chi connectivity index (χ3v) is 7.60. The van der Waals surface area contributed by atoms with Crippen LogP contribution in [0.1, 0.15) is 17.1 Å². The topological polar surface area (TPSA) is 106 Å². The summed E-state index contributed by atoms with van der Waals surface area (Å²) in [6.45, 7) is 1.45. The van der Waals surface area contributed by atoms with Crippen LogP contribution in [0, 0.1) is 18.3 Å². The number of nitrogens with zero attached hydrogens (tertiary/aromatic N) is 6. The number of halogens is 4. The minimum Gasteiger partial charge on any atom is -0.301 e. The van der Waals surface area contributed by atoms with Crippen molar-refractivity contribution in [3.05, 3.63) is 95.2 Å². The average Bonchev–Trinajstić information content (AvgIpc) is 3.55. The number of nitriles is 1. The Morgan fingerprint density at radius 3 is 2.38 bits per heavy atom. The van der Waals surface area contributed by atoms with E-state index in [1.807, 2.05) is 6.07 Å². The van der Waals surface area contributed by atoms with E-state index in [1.165, 1.54) is 34.5 Å². The van der Waals surface area contributed by atoms with Crippen LogP contribution in [0.5, 0.6) is 0 Å². The molecule has 0 aliphatic carbocycles. The molecule has 0 unspecified atom stereocenters. The Morgan fingerprint density at radius 1 is 0.975 bits per heavy atom. The molecule has 5 rings (SSSR count). The minimum atomic E-state index is -4.66. The normalized spacial score (nSPS) is 11.9. The number of imidazole rings is 1. The molecule has 2 heterocycles. The number of aromatic nitrogens is 5. The summed E-state index contributed by atoms with van der Waals surface area (Å²) in [5.41, 5.74) is 1.92. The first-order chi connectivity index (χ1) is 18.9. The zero-order valence-electron chi connectivity index (χ0n) is 20.8. The van der Waals surface area contributed by atoms with Gasteiger partial charge in [0.2, 0.25) is 0 Å². The first-order valence-electron chi connectivity index (χ1n) is 11.6. The fourth-order valence-electron chi connectivity index (χ4n) is 4.22. The largest absolute Gasteiger partial charge is 0.434 e. The Labute approximate surface area is 231 Å². The van der Waals surface area contributed by atoms with Crippen molar-refractivity contribution >= 4 is 21.4 Å². The molecule has 0 spiro atoms. The van der Waals surface area contributed by atoms with Crippen LogP contribution >= 0.6 is 11.6 Å². The molecule has 0 N–H and O–H groups in total. The SMILES string of the molecule is Cc1nc(C(F)(F)F)cn1-c1ccc(-c2cccc(S(C)(=O)=O)c2)cc1-n1nncc1-c1ccc(Cl)c(C#N)c1. The van der Waals surface area contributed by atoms with Crippen molar-refractivity contribution in [2.45, 2.75) is 18.0 Å². The standard InChI is InChI=1S/C27H18ClF3N6O2S/c1-16-34-26(27(29,30)31)15-36(16)23-9-7-18(17-4-3-5-21(11-17)40(2,38)39)12-24(23)37-25(14-33-35-37)19-6-8-22(28)20(10-19)13-32/h3-12,14-15H,1-2H3. The quantitative estimate of drug-likeness (QED) is 0.250. The summed E-state index contributed by atoms with van der Waals surface area (Å²) in [6.07, 6.45) is -1.21. The molecule has 202 valence electrons. The van der Waals surface area contributed by atoms with E-state index in [0.29, 0.717) is 33.8 Å². The summed E-state index contributed by atoms with van der Waals surface area (Å²) < 4.78 is 67.5. The van der Waals surface area contributed by atoms with Crippen molar-refractivity contribution in [3.8, 4) is 39.8 Å².